The van der Waals surface area contributed by atoms with Crippen molar-refractivity contribution >= 4 is 17.9 Å². The van der Waals surface area contributed by atoms with Crippen molar-refractivity contribution in [3.63, 3.8) is 0 Å². The van der Waals surface area contributed by atoms with E-state index in [4.69, 9.17) is 9.52 Å². The highest BCUT2D eigenvalue weighted by Crippen LogP contribution is 2.21. The molecule has 1 amide bonds. The SMILES string of the molecule is CCN(C(=O)CC(=O)O)c1nnc(-c2ccccc2)o1. The molecule has 0 saturated heterocycles. The summed E-state index contributed by atoms with van der Waals surface area (Å²) in [6, 6.07) is 9.10. The normalized spacial score (nSPS) is 10.2. The third-order valence-electron chi connectivity index (χ3n) is 2.59. The van der Waals surface area contributed by atoms with Crippen LogP contribution < -0.4 is 4.90 Å². The predicted octanol–water partition coefficient (Wildman–Crippen LogP) is 1.56. The average molecular weight is 275 g/mol. The van der Waals surface area contributed by atoms with E-state index < -0.39 is 18.3 Å². The molecule has 1 aromatic carbocycles. The minimum absolute atomic E-state index is 0.00222. The Morgan fingerprint density at radius 1 is 1.25 bits per heavy atom. The molecule has 0 fully saturated rings. The van der Waals surface area contributed by atoms with Crippen molar-refractivity contribution in [2.75, 3.05) is 11.4 Å². The monoisotopic (exact) mass is 275 g/mol. The fourth-order valence-electron chi connectivity index (χ4n) is 1.67. The number of carboxylic acids is 1. The molecule has 2 rings (SSSR count). The van der Waals surface area contributed by atoms with Gasteiger partial charge in [-0.25, -0.2) is 0 Å². The minimum atomic E-state index is -1.20. The number of carbonyl (C=O) groups is 2. The number of carbonyl (C=O) groups excluding carboxylic acids is 1. The van der Waals surface area contributed by atoms with Crippen molar-refractivity contribution in [1.82, 2.24) is 10.2 Å². The number of rotatable bonds is 5. The molecule has 0 aliphatic heterocycles. The molecule has 2 aromatic rings. The van der Waals surface area contributed by atoms with Gasteiger partial charge in [0.15, 0.2) is 0 Å². The number of carboxylic acid groups (broad SMARTS) is 1. The van der Waals surface area contributed by atoms with Crippen LogP contribution in [-0.2, 0) is 9.59 Å². The summed E-state index contributed by atoms with van der Waals surface area (Å²) in [5.74, 6) is -1.51. The van der Waals surface area contributed by atoms with Gasteiger partial charge in [0.2, 0.25) is 11.8 Å². The van der Waals surface area contributed by atoms with Crippen LogP contribution in [0.5, 0.6) is 0 Å². The fourth-order valence-corrected chi connectivity index (χ4v) is 1.67. The summed E-state index contributed by atoms with van der Waals surface area (Å²) in [6.45, 7) is 1.95. The summed E-state index contributed by atoms with van der Waals surface area (Å²) < 4.78 is 5.42. The molecule has 20 heavy (non-hydrogen) atoms. The molecule has 1 aromatic heterocycles. The molecule has 7 heteroatoms. The maximum absolute atomic E-state index is 11.7. The van der Waals surface area contributed by atoms with Gasteiger partial charge >= 0.3 is 12.0 Å². The number of hydrogen-bond donors (Lipinski definition) is 1. The van der Waals surface area contributed by atoms with Gasteiger partial charge < -0.3 is 9.52 Å². The number of aliphatic carboxylic acids is 1. The van der Waals surface area contributed by atoms with E-state index in [-0.39, 0.29) is 18.5 Å². The van der Waals surface area contributed by atoms with Crippen molar-refractivity contribution in [2.24, 2.45) is 0 Å². The van der Waals surface area contributed by atoms with Gasteiger partial charge in [0.1, 0.15) is 6.42 Å². The number of aromatic nitrogens is 2. The van der Waals surface area contributed by atoms with Crippen LogP contribution in [0.4, 0.5) is 6.01 Å². The second kappa shape index (κ2) is 5.96. The lowest BCUT2D eigenvalue weighted by Gasteiger charge is -2.14. The second-order valence-corrected chi connectivity index (χ2v) is 3.96. The Hall–Kier alpha value is -2.70. The Kier molecular flexibility index (Phi) is 4.09. The zero-order valence-electron chi connectivity index (χ0n) is 10.8. The van der Waals surface area contributed by atoms with Crippen LogP contribution in [0.1, 0.15) is 13.3 Å². The van der Waals surface area contributed by atoms with Crippen LogP contribution in [0.2, 0.25) is 0 Å². The van der Waals surface area contributed by atoms with E-state index in [1.165, 1.54) is 0 Å². The quantitative estimate of drug-likeness (QED) is 0.832. The van der Waals surface area contributed by atoms with E-state index >= 15 is 0 Å². The molecule has 7 nitrogen and oxygen atoms in total. The summed E-state index contributed by atoms with van der Waals surface area (Å²) in [6.07, 6.45) is -0.614. The van der Waals surface area contributed by atoms with Gasteiger partial charge in [0.25, 0.3) is 0 Å². The molecule has 104 valence electrons. The molecule has 1 N–H and O–H groups in total. The molecule has 0 radical (unpaired) electrons. The highest BCUT2D eigenvalue weighted by atomic mass is 16.4. The predicted molar refractivity (Wildman–Crippen MR) is 70.0 cm³/mol. The summed E-state index contributed by atoms with van der Waals surface area (Å²) in [5.41, 5.74) is 0.730. The zero-order chi connectivity index (χ0) is 14.5. The van der Waals surface area contributed by atoms with E-state index in [0.717, 1.165) is 10.5 Å². The van der Waals surface area contributed by atoms with Gasteiger partial charge in [-0.2, -0.15) is 0 Å². The lowest BCUT2D eigenvalue weighted by atomic mass is 10.2. The van der Waals surface area contributed by atoms with Gasteiger partial charge in [-0.15, -0.1) is 5.10 Å². The standard InChI is InChI=1S/C13H13N3O4/c1-2-16(10(17)8-11(18)19)13-15-14-12(20-13)9-6-4-3-5-7-9/h3-7H,2,8H2,1H3,(H,18,19). The van der Waals surface area contributed by atoms with Gasteiger partial charge in [-0.1, -0.05) is 23.3 Å². The Bertz CT molecular complexity index is 609. The topological polar surface area (TPSA) is 96.5 Å². The van der Waals surface area contributed by atoms with E-state index in [9.17, 15) is 9.59 Å². The summed E-state index contributed by atoms with van der Waals surface area (Å²) in [4.78, 5) is 23.5. The van der Waals surface area contributed by atoms with Crippen LogP contribution in [0, 0.1) is 0 Å². The fraction of sp³-hybridized carbons (Fsp3) is 0.231. The van der Waals surface area contributed by atoms with Gasteiger partial charge in [0, 0.05) is 12.1 Å². The van der Waals surface area contributed by atoms with Crippen molar-refractivity contribution in [3.8, 4) is 11.5 Å². The molecule has 0 aliphatic rings. The van der Waals surface area contributed by atoms with E-state index in [1.54, 1.807) is 19.1 Å². The summed E-state index contributed by atoms with van der Waals surface area (Å²) >= 11 is 0. The first-order valence-corrected chi connectivity index (χ1v) is 6.03. The van der Waals surface area contributed by atoms with E-state index in [1.807, 2.05) is 18.2 Å². The van der Waals surface area contributed by atoms with Gasteiger partial charge in [0.05, 0.1) is 0 Å². The third kappa shape index (κ3) is 3.00. The number of hydrogen-bond acceptors (Lipinski definition) is 5. The number of amides is 1. The van der Waals surface area contributed by atoms with Crippen molar-refractivity contribution in [3.05, 3.63) is 30.3 Å². The summed E-state index contributed by atoms with van der Waals surface area (Å²) in [5, 5.41) is 16.3. The van der Waals surface area contributed by atoms with E-state index in [2.05, 4.69) is 10.2 Å². The lowest BCUT2D eigenvalue weighted by Crippen LogP contribution is -2.32. The molecule has 0 saturated carbocycles. The highest BCUT2D eigenvalue weighted by molar-refractivity contribution is 6.01. The molecule has 0 aliphatic carbocycles. The maximum Gasteiger partial charge on any atom is 0.325 e. The van der Waals surface area contributed by atoms with Gasteiger partial charge in [-0.05, 0) is 19.1 Å². The lowest BCUT2D eigenvalue weighted by molar-refractivity contribution is -0.140. The van der Waals surface area contributed by atoms with Crippen LogP contribution in [0.25, 0.3) is 11.5 Å². The molecule has 0 unspecified atom stereocenters. The zero-order valence-corrected chi connectivity index (χ0v) is 10.8. The Morgan fingerprint density at radius 3 is 2.55 bits per heavy atom. The average Bonchev–Trinajstić information content (AvgIpc) is 2.89. The van der Waals surface area contributed by atoms with Crippen LogP contribution in [0.15, 0.2) is 34.7 Å². The third-order valence-corrected chi connectivity index (χ3v) is 2.59. The Morgan fingerprint density at radius 2 is 1.95 bits per heavy atom. The molecule has 1 heterocycles. The number of anilines is 1. The van der Waals surface area contributed by atoms with E-state index in [0.29, 0.717) is 0 Å². The molecular formula is C13H13N3O4. The minimum Gasteiger partial charge on any atom is -0.481 e. The molecule has 0 spiro atoms. The molecular weight excluding hydrogens is 262 g/mol. The van der Waals surface area contributed by atoms with Gasteiger partial charge in [-0.3, -0.25) is 14.5 Å². The van der Waals surface area contributed by atoms with Crippen LogP contribution in [0.3, 0.4) is 0 Å². The maximum atomic E-state index is 11.7. The molecule has 0 atom stereocenters. The smallest absolute Gasteiger partial charge is 0.325 e. The summed E-state index contributed by atoms with van der Waals surface area (Å²) in [7, 11) is 0. The molecule has 0 bridgehead atoms. The number of benzene rings is 1. The van der Waals surface area contributed by atoms with Crippen molar-refractivity contribution in [1.29, 1.82) is 0 Å². The Labute approximate surface area is 114 Å². The highest BCUT2D eigenvalue weighted by Gasteiger charge is 2.22. The first-order chi connectivity index (χ1) is 9.61. The van der Waals surface area contributed by atoms with Crippen molar-refractivity contribution in [2.45, 2.75) is 13.3 Å². The van der Waals surface area contributed by atoms with Crippen LogP contribution in [-0.4, -0.2) is 33.7 Å². The number of nitrogens with zero attached hydrogens (tertiary/aromatic N) is 3. The first-order valence-electron chi connectivity index (χ1n) is 6.03. The van der Waals surface area contributed by atoms with Crippen molar-refractivity contribution < 1.29 is 19.1 Å². The first kappa shape index (κ1) is 13.7. The second-order valence-electron chi connectivity index (χ2n) is 3.96. The largest absolute Gasteiger partial charge is 0.481 e. The van der Waals surface area contributed by atoms with Crippen LogP contribution >= 0.6 is 0 Å². The Balaban J connectivity index is 2.22.